The SMILES string of the molecule is CCNC(C)(CCCCSC)C(N)=O. The third-order valence-corrected chi connectivity index (χ3v) is 3.08. The van der Waals surface area contributed by atoms with Crippen LogP contribution in [0.5, 0.6) is 0 Å². The lowest BCUT2D eigenvalue weighted by Crippen LogP contribution is -2.52. The van der Waals surface area contributed by atoms with Crippen molar-refractivity contribution in [1.82, 2.24) is 5.32 Å². The third kappa shape index (κ3) is 4.86. The maximum absolute atomic E-state index is 11.2. The van der Waals surface area contributed by atoms with Crippen LogP contribution in [0.3, 0.4) is 0 Å². The highest BCUT2D eigenvalue weighted by atomic mass is 32.2. The summed E-state index contributed by atoms with van der Waals surface area (Å²) in [6.07, 6.45) is 5.12. The van der Waals surface area contributed by atoms with E-state index in [9.17, 15) is 4.79 Å². The Balaban J connectivity index is 3.90. The Morgan fingerprint density at radius 3 is 2.57 bits per heavy atom. The van der Waals surface area contributed by atoms with E-state index in [0.717, 1.165) is 31.6 Å². The van der Waals surface area contributed by atoms with Crippen molar-refractivity contribution in [3.63, 3.8) is 0 Å². The molecule has 4 heteroatoms. The van der Waals surface area contributed by atoms with Crippen LogP contribution >= 0.6 is 11.8 Å². The molecule has 14 heavy (non-hydrogen) atoms. The quantitative estimate of drug-likeness (QED) is 0.605. The molecule has 0 heterocycles. The van der Waals surface area contributed by atoms with Crippen molar-refractivity contribution in [3.8, 4) is 0 Å². The first-order valence-electron chi connectivity index (χ1n) is 5.10. The summed E-state index contributed by atoms with van der Waals surface area (Å²) in [5.74, 6) is 0.907. The zero-order valence-corrected chi connectivity index (χ0v) is 10.2. The summed E-state index contributed by atoms with van der Waals surface area (Å²) < 4.78 is 0. The number of carbonyl (C=O) groups excluding carboxylic acids is 1. The first-order valence-corrected chi connectivity index (χ1v) is 6.50. The second-order valence-corrected chi connectivity index (χ2v) is 4.66. The number of hydrogen-bond acceptors (Lipinski definition) is 3. The van der Waals surface area contributed by atoms with Gasteiger partial charge < -0.3 is 11.1 Å². The van der Waals surface area contributed by atoms with Gasteiger partial charge in [-0.2, -0.15) is 11.8 Å². The lowest BCUT2D eigenvalue weighted by atomic mass is 9.94. The fourth-order valence-corrected chi connectivity index (χ4v) is 1.91. The molecule has 3 N–H and O–H groups in total. The van der Waals surface area contributed by atoms with Gasteiger partial charge in [-0.25, -0.2) is 0 Å². The summed E-state index contributed by atoms with van der Waals surface area (Å²) in [5.41, 5.74) is 4.84. The Labute approximate surface area is 91.2 Å². The smallest absolute Gasteiger partial charge is 0.237 e. The number of amides is 1. The summed E-state index contributed by atoms with van der Waals surface area (Å²) in [7, 11) is 0. The van der Waals surface area contributed by atoms with E-state index >= 15 is 0 Å². The van der Waals surface area contributed by atoms with Gasteiger partial charge in [0.2, 0.25) is 5.91 Å². The van der Waals surface area contributed by atoms with Gasteiger partial charge in [-0.05, 0) is 38.3 Å². The van der Waals surface area contributed by atoms with Gasteiger partial charge in [0.25, 0.3) is 0 Å². The Bertz CT molecular complexity index is 176. The minimum atomic E-state index is -0.521. The van der Waals surface area contributed by atoms with Crippen molar-refractivity contribution < 1.29 is 4.79 Å². The molecule has 1 atom stereocenters. The zero-order valence-electron chi connectivity index (χ0n) is 9.43. The highest BCUT2D eigenvalue weighted by molar-refractivity contribution is 7.98. The van der Waals surface area contributed by atoms with E-state index in [1.807, 2.05) is 25.6 Å². The van der Waals surface area contributed by atoms with Crippen LogP contribution in [-0.4, -0.2) is 30.0 Å². The maximum atomic E-state index is 11.2. The van der Waals surface area contributed by atoms with Gasteiger partial charge in [0, 0.05) is 0 Å². The average molecular weight is 218 g/mol. The van der Waals surface area contributed by atoms with E-state index in [-0.39, 0.29) is 5.91 Å². The summed E-state index contributed by atoms with van der Waals surface area (Å²) in [6.45, 7) is 4.66. The zero-order chi connectivity index (χ0) is 11.0. The van der Waals surface area contributed by atoms with Gasteiger partial charge in [0.15, 0.2) is 0 Å². The number of nitrogens with one attached hydrogen (secondary N) is 1. The minimum absolute atomic E-state index is 0.247. The molecule has 0 saturated heterocycles. The van der Waals surface area contributed by atoms with Gasteiger partial charge in [0.05, 0.1) is 5.54 Å². The fourth-order valence-electron chi connectivity index (χ4n) is 1.41. The van der Waals surface area contributed by atoms with E-state index in [1.54, 1.807) is 0 Å². The highest BCUT2D eigenvalue weighted by Crippen LogP contribution is 2.14. The molecule has 0 radical (unpaired) electrons. The van der Waals surface area contributed by atoms with Crippen LogP contribution in [0.4, 0.5) is 0 Å². The number of primary amides is 1. The topological polar surface area (TPSA) is 55.1 Å². The Kier molecular flexibility index (Phi) is 7.01. The Hall–Kier alpha value is -0.220. The van der Waals surface area contributed by atoms with E-state index in [4.69, 9.17) is 5.73 Å². The Morgan fingerprint density at radius 1 is 1.50 bits per heavy atom. The highest BCUT2D eigenvalue weighted by Gasteiger charge is 2.28. The molecule has 0 spiro atoms. The molecule has 0 rings (SSSR count). The maximum Gasteiger partial charge on any atom is 0.237 e. The van der Waals surface area contributed by atoms with E-state index in [0.29, 0.717) is 0 Å². The molecule has 0 bridgehead atoms. The standard InChI is InChI=1S/C10H22N2OS/c1-4-12-10(2,9(11)13)7-5-6-8-14-3/h12H,4-8H2,1-3H3,(H2,11,13). The van der Waals surface area contributed by atoms with E-state index in [2.05, 4.69) is 11.6 Å². The second kappa shape index (κ2) is 7.12. The van der Waals surface area contributed by atoms with Crippen LogP contribution in [-0.2, 0) is 4.79 Å². The van der Waals surface area contributed by atoms with Crippen LogP contribution in [0, 0.1) is 0 Å². The van der Waals surface area contributed by atoms with Crippen molar-refractivity contribution in [2.75, 3.05) is 18.6 Å². The van der Waals surface area contributed by atoms with Crippen LogP contribution in [0.1, 0.15) is 33.1 Å². The molecule has 0 aromatic carbocycles. The number of unbranched alkanes of at least 4 members (excludes halogenated alkanes) is 1. The minimum Gasteiger partial charge on any atom is -0.368 e. The predicted molar refractivity (Wildman–Crippen MR) is 63.5 cm³/mol. The monoisotopic (exact) mass is 218 g/mol. The molecular weight excluding hydrogens is 196 g/mol. The number of carbonyl (C=O) groups is 1. The van der Waals surface area contributed by atoms with Gasteiger partial charge in [-0.1, -0.05) is 13.3 Å². The number of likely N-dealkylation sites (N-methyl/N-ethyl adjacent to an activating group) is 1. The summed E-state index contributed by atoms with van der Waals surface area (Å²) in [6, 6.07) is 0. The Morgan fingerprint density at radius 2 is 2.14 bits per heavy atom. The first kappa shape index (κ1) is 13.8. The van der Waals surface area contributed by atoms with Crippen molar-refractivity contribution in [1.29, 1.82) is 0 Å². The predicted octanol–water partition coefficient (Wildman–Crippen LogP) is 1.37. The molecule has 1 amide bonds. The molecule has 0 saturated carbocycles. The van der Waals surface area contributed by atoms with Crippen molar-refractivity contribution >= 4 is 17.7 Å². The van der Waals surface area contributed by atoms with Crippen molar-refractivity contribution in [2.45, 2.75) is 38.6 Å². The van der Waals surface area contributed by atoms with Gasteiger partial charge in [-0.3, -0.25) is 4.79 Å². The second-order valence-electron chi connectivity index (χ2n) is 3.68. The molecule has 0 aliphatic rings. The summed E-state index contributed by atoms with van der Waals surface area (Å²) in [4.78, 5) is 11.2. The molecule has 0 aromatic rings. The molecule has 3 nitrogen and oxygen atoms in total. The lowest BCUT2D eigenvalue weighted by molar-refractivity contribution is -0.124. The summed E-state index contributed by atoms with van der Waals surface area (Å²) in [5, 5.41) is 3.15. The van der Waals surface area contributed by atoms with Gasteiger partial charge >= 0.3 is 0 Å². The normalized spacial score (nSPS) is 15.1. The van der Waals surface area contributed by atoms with Crippen LogP contribution in [0.25, 0.3) is 0 Å². The molecule has 1 unspecified atom stereocenters. The largest absolute Gasteiger partial charge is 0.368 e. The molecule has 0 aromatic heterocycles. The van der Waals surface area contributed by atoms with Crippen LogP contribution in [0.15, 0.2) is 0 Å². The number of thioether (sulfide) groups is 1. The van der Waals surface area contributed by atoms with Gasteiger partial charge in [0.1, 0.15) is 0 Å². The summed E-state index contributed by atoms with van der Waals surface area (Å²) >= 11 is 1.84. The molecule has 84 valence electrons. The number of rotatable bonds is 8. The molecular formula is C10H22N2OS. The van der Waals surface area contributed by atoms with Crippen molar-refractivity contribution in [3.05, 3.63) is 0 Å². The van der Waals surface area contributed by atoms with E-state index < -0.39 is 5.54 Å². The lowest BCUT2D eigenvalue weighted by Gasteiger charge is -2.26. The molecule has 0 aliphatic heterocycles. The number of hydrogen-bond donors (Lipinski definition) is 2. The fraction of sp³-hybridized carbons (Fsp3) is 0.900. The first-order chi connectivity index (χ1) is 6.56. The van der Waals surface area contributed by atoms with Crippen LogP contribution < -0.4 is 11.1 Å². The number of nitrogens with two attached hydrogens (primary N) is 1. The third-order valence-electron chi connectivity index (χ3n) is 2.39. The molecule has 0 aliphatic carbocycles. The van der Waals surface area contributed by atoms with Crippen LogP contribution in [0.2, 0.25) is 0 Å². The van der Waals surface area contributed by atoms with Gasteiger partial charge in [-0.15, -0.1) is 0 Å². The van der Waals surface area contributed by atoms with Crippen molar-refractivity contribution in [2.24, 2.45) is 5.73 Å². The van der Waals surface area contributed by atoms with E-state index in [1.165, 1.54) is 0 Å². The molecule has 0 fully saturated rings. The average Bonchev–Trinajstić information content (AvgIpc) is 2.13.